The predicted octanol–water partition coefficient (Wildman–Crippen LogP) is 4.03. The fourth-order valence-corrected chi connectivity index (χ4v) is 3.36. The van der Waals surface area contributed by atoms with Gasteiger partial charge in [-0.2, -0.15) is 5.10 Å². The minimum absolute atomic E-state index is 0.267. The fourth-order valence-electron chi connectivity index (χ4n) is 2.49. The van der Waals surface area contributed by atoms with Crippen molar-refractivity contribution in [3.63, 3.8) is 0 Å². The Kier molecular flexibility index (Phi) is 5.26. The molecule has 0 unspecified atom stereocenters. The van der Waals surface area contributed by atoms with Crippen molar-refractivity contribution in [1.82, 2.24) is 20.4 Å². The van der Waals surface area contributed by atoms with Crippen LogP contribution in [0, 0.1) is 0 Å². The van der Waals surface area contributed by atoms with Gasteiger partial charge < -0.3 is 0 Å². The van der Waals surface area contributed by atoms with E-state index in [1.165, 1.54) is 6.21 Å². The van der Waals surface area contributed by atoms with Crippen molar-refractivity contribution in [3.05, 3.63) is 90.5 Å². The minimum Gasteiger partial charge on any atom is -0.267 e. The van der Waals surface area contributed by atoms with Crippen LogP contribution in [0.15, 0.2) is 84.4 Å². The largest absolute Gasteiger partial charge is 0.271 e. The summed E-state index contributed by atoms with van der Waals surface area (Å²) < 4.78 is 0. The second-order valence-electron chi connectivity index (χ2n) is 5.78. The van der Waals surface area contributed by atoms with Crippen molar-refractivity contribution < 1.29 is 4.79 Å². The Bertz CT molecular complexity index is 1110. The summed E-state index contributed by atoms with van der Waals surface area (Å²) in [5.74, 6) is -0.267. The molecule has 1 aromatic carbocycles. The highest BCUT2D eigenvalue weighted by molar-refractivity contribution is 7.18. The number of nitrogens with zero attached hydrogens (tertiary/aromatic N) is 4. The van der Waals surface area contributed by atoms with Crippen LogP contribution < -0.4 is 5.43 Å². The molecule has 0 bridgehead atoms. The first-order valence-corrected chi connectivity index (χ1v) is 9.33. The van der Waals surface area contributed by atoms with Gasteiger partial charge in [0.2, 0.25) is 0 Å². The van der Waals surface area contributed by atoms with Gasteiger partial charge in [0.1, 0.15) is 5.01 Å². The zero-order valence-electron chi connectivity index (χ0n) is 14.7. The third-order valence-corrected chi connectivity index (χ3v) is 4.91. The van der Waals surface area contributed by atoms with Crippen molar-refractivity contribution >= 4 is 23.5 Å². The first-order chi connectivity index (χ1) is 13.8. The Hall–Kier alpha value is -3.71. The number of hydrazone groups is 1. The second kappa shape index (κ2) is 8.32. The average molecular weight is 385 g/mol. The molecule has 0 fully saturated rings. The normalized spacial score (nSPS) is 10.9. The Morgan fingerprint density at radius 1 is 1.00 bits per heavy atom. The molecule has 4 rings (SSSR count). The first kappa shape index (κ1) is 17.7. The summed E-state index contributed by atoms with van der Waals surface area (Å²) in [6, 6.07) is 18.4. The molecular weight excluding hydrogens is 370 g/mol. The molecule has 0 spiro atoms. The van der Waals surface area contributed by atoms with Crippen molar-refractivity contribution in [2.75, 3.05) is 0 Å². The number of carbonyl (C=O) groups excluding carboxylic acids is 1. The van der Waals surface area contributed by atoms with Gasteiger partial charge in [0.25, 0.3) is 5.91 Å². The highest BCUT2D eigenvalue weighted by atomic mass is 32.1. The average Bonchev–Trinajstić information content (AvgIpc) is 3.26. The van der Waals surface area contributed by atoms with Gasteiger partial charge >= 0.3 is 0 Å². The van der Waals surface area contributed by atoms with Crippen LogP contribution in [0.4, 0.5) is 0 Å². The maximum atomic E-state index is 12.0. The van der Waals surface area contributed by atoms with Crippen LogP contribution in [0.1, 0.15) is 16.1 Å². The number of hydrogen-bond donors (Lipinski definition) is 1. The maximum absolute atomic E-state index is 12.0. The first-order valence-electron chi connectivity index (χ1n) is 8.52. The van der Waals surface area contributed by atoms with Gasteiger partial charge in [-0.15, -0.1) is 11.3 Å². The summed E-state index contributed by atoms with van der Waals surface area (Å²) in [5, 5.41) is 4.89. The molecule has 1 N–H and O–H groups in total. The number of aromatic nitrogens is 3. The lowest BCUT2D eigenvalue weighted by molar-refractivity contribution is 0.0955. The summed E-state index contributed by atoms with van der Waals surface area (Å²) in [7, 11) is 0. The zero-order valence-corrected chi connectivity index (χ0v) is 15.5. The van der Waals surface area contributed by atoms with E-state index in [0.29, 0.717) is 11.3 Å². The number of hydrogen-bond acceptors (Lipinski definition) is 6. The third-order valence-electron chi connectivity index (χ3n) is 3.84. The number of rotatable bonds is 5. The number of amides is 1. The highest BCUT2D eigenvalue weighted by Gasteiger charge is 2.08. The Labute approximate surface area is 165 Å². The van der Waals surface area contributed by atoms with E-state index in [1.807, 2.05) is 36.4 Å². The number of benzene rings is 1. The maximum Gasteiger partial charge on any atom is 0.271 e. The summed E-state index contributed by atoms with van der Waals surface area (Å²) in [6.07, 6.45) is 6.84. The summed E-state index contributed by atoms with van der Waals surface area (Å²) in [5.41, 5.74) is 5.47. The van der Waals surface area contributed by atoms with Crippen molar-refractivity contribution in [2.45, 2.75) is 0 Å². The molecule has 1 amide bonds. The number of thiazole rings is 1. The van der Waals surface area contributed by atoms with Crippen LogP contribution in [-0.4, -0.2) is 27.1 Å². The molecule has 0 atom stereocenters. The Morgan fingerprint density at radius 2 is 1.89 bits per heavy atom. The van der Waals surface area contributed by atoms with Crippen LogP contribution in [0.3, 0.4) is 0 Å². The molecule has 4 aromatic rings. The van der Waals surface area contributed by atoms with Gasteiger partial charge in [-0.3, -0.25) is 9.78 Å². The van der Waals surface area contributed by atoms with E-state index in [2.05, 4.69) is 25.5 Å². The van der Waals surface area contributed by atoms with Gasteiger partial charge in [-0.05, 0) is 36.4 Å². The highest BCUT2D eigenvalue weighted by Crippen LogP contribution is 2.30. The number of pyridine rings is 2. The lowest BCUT2D eigenvalue weighted by Crippen LogP contribution is -2.17. The molecule has 0 saturated carbocycles. The molecule has 28 heavy (non-hydrogen) atoms. The number of carbonyl (C=O) groups is 1. The van der Waals surface area contributed by atoms with Crippen LogP contribution in [0.25, 0.3) is 21.1 Å². The van der Waals surface area contributed by atoms with Gasteiger partial charge in [0, 0.05) is 29.7 Å². The molecule has 3 heterocycles. The summed E-state index contributed by atoms with van der Waals surface area (Å²) >= 11 is 1.55. The predicted molar refractivity (Wildman–Crippen MR) is 110 cm³/mol. The molecule has 6 nitrogen and oxygen atoms in total. The lowest BCUT2D eigenvalue weighted by atomic mass is 10.2. The SMILES string of the molecule is O=C(N/N=C/c1cccc(-c2cnc(-c3cccnc3)s2)n1)c1ccccc1. The minimum atomic E-state index is -0.267. The second-order valence-corrected chi connectivity index (χ2v) is 6.81. The molecule has 3 aromatic heterocycles. The van der Waals surface area contributed by atoms with Gasteiger partial charge in [-0.1, -0.05) is 24.3 Å². The van der Waals surface area contributed by atoms with E-state index in [-0.39, 0.29) is 5.91 Å². The van der Waals surface area contributed by atoms with Gasteiger partial charge in [0.05, 0.1) is 22.5 Å². The van der Waals surface area contributed by atoms with E-state index in [4.69, 9.17) is 0 Å². The zero-order chi connectivity index (χ0) is 19.2. The monoisotopic (exact) mass is 385 g/mol. The summed E-state index contributed by atoms with van der Waals surface area (Å²) in [4.78, 5) is 26.1. The fraction of sp³-hybridized carbons (Fsp3) is 0. The smallest absolute Gasteiger partial charge is 0.267 e. The van der Waals surface area contributed by atoms with Crippen molar-refractivity contribution in [1.29, 1.82) is 0 Å². The van der Waals surface area contributed by atoms with Crippen molar-refractivity contribution in [2.24, 2.45) is 5.10 Å². The molecule has 7 heteroatoms. The van der Waals surface area contributed by atoms with E-state index >= 15 is 0 Å². The molecule has 0 radical (unpaired) electrons. The molecule has 0 aliphatic carbocycles. The van der Waals surface area contributed by atoms with Gasteiger partial charge in [0.15, 0.2) is 0 Å². The molecule has 136 valence electrons. The van der Waals surface area contributed by atoms with E-state index in [1.54, 1.807) is 54.2 Å². The Morgan fingerprint density at radius 3 is 2.71 bits per heavy atom. The van der Waals surface area contributed by atoms with E-state index < -0.39 is 0 Å². The molecule has 0 saturated heterocycles. The van der Waals surface area contributed by atoms with Crippen molar-refractivity contribution in [3.8, 4) is 21.1 Å². The summed E-state index contributed by atoms with van der Waals surface area (Å²) in [6.45, 7) is 0. The van der Waals surface area contributed by atoms with Gasteiger partial charge in [-0.25, -0.2) is 15.4 Å². The third kappa shape index (κ3) is 4.16. The molecule has 0 aliphatic rings. The Balaban J connectivity index is 1.48. The molecule has 0 aliphatic heterocycles. The topological polar surface area (TPSA) is 80.1 Å². The van der Waals surface area contributed by atoms with E-state index in [0.717, 1.165) is 21.1 Å². The van der Waals surface area contributed by atoms with Crippen LogP contribution in [0.2, 0.25) is 0 Å². The van der Waals surface area contributed by atoms with E-state index in [9.17, 15) is 4.79 Å². The number of nitrogens with one attached hydrogen (secondary N) is 1. The quantitative estimate of drug-likeness (QED) is 0.415. The lowest BCUT2D eigenvalue weighted by Gasteiger charge is -2.00. The van der Waals surface area contributed by atoms with Crippen LogP contribution in [0.5, 0.6) is 0 Å². The standard InChI is InChI=1S/C21H15N5OS/c27-20(15-6-2-1-3-7-15)26-24-13-17-9-4-10-18(25-17)19-14-23-21(28-19)16-8-5-11-22-12-16/h1-14H,(H,26,27)/b24-13+. The van der Waals surface area contributed by atoms with Crippen LogP contribution in [-0.2, 0) is 0 Å². The van der Waals surface area contributed by atoms with Crippen LogP contribution >= 0.6 is 11.3 Å². The molecular formula is C21H15N5OS.